The predicted molar refractivity (Wildman–Crippen MR) is 51.9 cm³/mol. The molecule has 0 radical (unpaired) electrons. The summed E-state index contributed by atoms with van der Waals surface area (Å²) in [7, 11) is 0. The summed E-state index contributed by atoms with van der Waals surface area (Å²) < 4.78 is 1.38. The first-order chi connectivity index (χ1) is 5.79. The van der Waals surface area contributed by atoms with Crippen LogP contribution in [0.5, 0.6) is 0 Å². The van der Waals surface area contributed by atoms with Crippen LogP contribution in [0.2, 0.25) is 5.32 Å². The molecule has 0 unspecified atom stereocenters. The molecule has 0 atom stereocenters. The Bertz CT molecular complexity index is 243. The van der Waals surface area contributed by atoms with Crippen molar-refractivity contribution in [2.24, 2.45) is 0 Å². The number of carbonyl (C=O) groups excluding carboxylic acids is 1. The van der Waals surface area contributed by atoms with Gasteiger partial charge >= 0.3 is 79.0 Å². The van der Waals surface area contributed by atoms with Gasteiger partial charge in [-0.05, 0) is 0 Å². The summed E-state index contributed by atoms with van der Waals surface area (Å²) in [5.74, 6) is 0.299. The molecule has 0 fully saturated rings. The van der Waals surface area contributed by atoms with Gasteiger partial charge in [0.2, 0.25) is 0 Å². The Kier molecular flexibility index (Phi) is 4.06. The van der Waals surface area contributed by atoms with Gasteiger partial charge < -0.3 is 0 Å². The molecular weight excluding hydrogens is 215 g/mol. The molecule has 0 aliphatic carbocycles. The van der Waals surface area contributed by atoms with Crippen LogP contribution in [0, 0.1) is 0 Å². The Hall–Kier alpha value is -0.591. The fourth-order valence-electron chi connectivity index (χ4n) is 0.829. The first-order valence-electron chi connectivity index (χ1n) is 3.96. The Morgan fingerprint density at radius 2 is 2.00 bits per heavy atom. The number of benzene rings is 1. The summed E-state index contributed by atoms with van der Waals surface area (Å²) in [5.41, 5.74) is 0. The molecule has 1 nitrogen and oxygen atoms in total. The van der Waals surface area contributed by atoms with Gasteiger partial charge in [0.15, 0.2) is 0 Å². The van der Waals surface area contributed by atoms with E-state index in [1.165, 1.54) is 4.46 Å². The third kappa shape index (κ3) is 3.70. The second-order valence-electron chi connectivity index (χ2n) is 2.61. The van der Waals surface area contributed by atoms with E-state index in [0.29, 0.717) is 20.7 Å². The fraction of sp³-hybridized carbons (Fsp3) is 0.300. The molecule has 0 amide bonds. The van der Waals surface area contributed by atoms with Crippen LogP contribution in [0.1, 0.15) is 13.3 Å². The number of Topliss-reactive ketones (excluding diaryl/α,β-unsaturated/α-hetero) is 1. The number of hydrogen-bond donors (Lipinski definition) is 0. The molecule has 0 bridgehead atoms. The number of carbonyl (C=O) groups is 1. The van der Waals surface area contributed by atoms with Crippen molar-refractivity contribution in [1.82, 2.24) is 0 Å². The second-order valence-corrected chi connectivity index (χ2v) is 5.06. The van der Waals surface area contributed by atoms with Gasteiger partial charge in [-0.3, -0.25) is 0 Å². The summed E-state index contributed by atoms with van der Waals surface area (Å²) in [5, 5.41) is 1.03. The third-order valence-electron chi connectivity index (χ3n) is 1.47. The van der Waals surface area contributed by atoms with Gasteiger partial charge in [-0.25, -0.2) is 0 Å². The predicted octanol–water partition coefficient (Wildman–Crippen LogP) is 1.41. The molecule has 0 saturated carbocycles. The summed E-state index contributed by atoms with van der Waals surface area (Å²) in [6.07, 6.45) is 0.731. The van der Waals surface area contributed by atoms with Gasteiger partial charge in [0.25, 0.3) is 0 Å². The van der Waals surface area contributed by atoms with E-state index in [1.807, 2.05) is 18.2 Å². The van der Waals surface area contributed by atoms with Crippen LogP contribution >= 0.6 is 0 Å². The van der Waals surface area contributed by atoms with E-state index in [2.05, 4.69) is 12.1 Å². The van der Waals surface area contributed by atoms with Crippen LogP contribution in [0.25, 0.3) is 0 Å². The molecule has 0 N–H and O–H groups in total. The number of rotatable bonds is 4. The summed E-state index contributed by atoms with van der Waals surface area (Å²) >= 11 is 0.479. The zero-order valence-electron chi connectivity index (χ0n) is 7.12. The molecule has 1 aromatic carbocycles. The standard InChI is InChI=1S/C10H12OSe/c1-9(11)7-8-12-10-5-3-2-4-6-10/h2-6H,7-8H2,1H3. The van der Waals surface area contributed by atoms with Gasteiger partial charge in [0, 0.05) is 0 Å². The van der Waals surface area contributed by atoms with Crippen LogP contribution in [0.15, 0.2) is 30.3 Å². The molecule has 0 heterocycles. The van der Waals surface area contributed by atoms with Crippen molar-refractivity contribution < 1.29 is 4.79 Å². The average Bonchev–Trinajstić information content (AvgIpc) is 2.05. The van der Waals surface area contributed by atoms with E-state index in [-0.39, 0.29) is 0 Å². The van der Waals surface area contributed by atoms with Gasteiger partial charge in [-0.15, -0.1) is 0 Å². The quantitative estimate of drug-likeness (QED) is 0.711. The van der Waals surface area contributed by atoms with Crippen LogP contribution in [-0.4, -0.2) is 20.7 Å². The number of ketones is 1. The molecule has 0 aliphatic rings. The molecule has 1 rings (SSSR count). The fourth-order valence-corrected chi connectivity index (χ4v) is 2.87. The van der Waals surface area contributed by atoms with E-state index in [0.717, 1.165) is 11.7 Å². The first kappa shape index (κ1) is 9.50. The van der Waals surface area contributed by atoms with Crippen molar-refractivity contribution in [2.75, 3.05) is 0 Å². The molecule has 0 aromatic heterocycles. The molecule has 0 aliphatic heterocycles. The van der Waals surface area contributed by atoms with Crippen molar-refractivity contribution in [3.05, 3.63) is 30.3 Å². The molecule has 0 saturated heterocycles. The Morgan fingerprint density at radius 1 is 1.33 bits per heavy atom. The van der Waals surface area contributed by atoms with E-state index in [4.69, 9.17) is 0 Å². The topological polar surface area (TPSA) is 17.1 Å². The Balaban J connectivity index is 2.29. The van der Waals surface area contributed by atoms with E-state index >= 15 is 0 Å². The minimum absolute atomic E-state index is 0.299. The number of hydrogen-bond acceptors (Lipinski definition) is 1. The van der Waals surface area contributed by atoms with Crippen molar-refractivity contribution in [3.8, 4) is 0 Å². The van der Waals surface area contributed by atoms with Gasteiger partial charge in [0.05, 0.1) is 0 Å². The molecular formula is C10H12OSe. The van der Waals surface area contributed by atoms with Gasteiger partial charge in [-0.1, -0.05) is 0 Å². The zero-order valence-corrected chi connectivity index (χ0v) is 8.83. The van der Waals surface area contributed by atoms with Crippen molar-refractivity contribution in [2.45, 2.75) is 18.7 Å². The Morgan fingerprint density at radius 3 is 2.58 bits per heavy atom. The van der Waals surface area contributed by atoms with E-state index < -0.39 is 0 Å². The normalized spacial score (nSPS) is 9.75. The third-order valence-corrected chi connectivity index (χ3v) is 3.59. The maximum atomic E-state index is 10.6. The van der Waals surface area contributed by atoms with Crippen molar-refractivity contribution in [3.63, 3.8) is 0 Å². The summed E-state index contributed by atoms with van der Waals surface area (Å²) in [4.78, 5) is 10.6. The molecule has 2 heteroatoms. The van der Waals surface area contributed by atoms with Crippen LogP contribution in [-0.2, 0) is 4.79 Å². The average molecular weight is 227 g/mol. The first-order valence-corrected chi connectivity index (χ1v) is 6.03. The van der Waals surface area contributed by atoms with E-state index in [9.17, 15) is 4.79 Å². The summed E-state index contributed by atoms with van der Waals surface area (Å²) in [6, 6.07) is 10.4. The zero-order chi connectivity index (χ0) is 8.81. The molecule has 0 spiro atoms. The van der Waals surface area contributed by atoms with Gasteiger partial charge in [0.1, 0.15) is 0 Å². The van der Waals surface area contributed by atoms with Crippen molar-refractivity contribution >= 4 is 25.2 Å². The molecule has 64 valence electrons. The Labute approximate surface area is 79.3 Å². The van der Waals surface area contributed by atoms with Crippen molar-refractivity contribution in [1.29, 1.82) is 0 Å². The SMILES string of the molecule is CC(=O)CC[Se]c1ccccc1. The van der Waals surface area contributed by atoms with Crippen LogP contribution in [0.4, 0.5) is 0 Å². The van der Waals surface area contributed by atoms with E-state index in [1.54, 1.807) is 6.92 Å². The van der Waals surface area contributed by atoms with Gasteiger partial charge in [-0.2, -0.15) is 0 Å². The molecule has 12 heavy (non-hydrogen) atoms. The van der Waals surface area contributed by atoms with Crippen LogP contribution in [0.3, 0.4) is 0 Å². The summed E-state index contributed by atoms with van der Waals surface area (Å²) in [6.45, 7) is 1.65. The monoisotopic (exact) mass is 228 g/mol. The maximum absolute atomic E-state index is 10.6. The van der Waals surface area contributed by atoms with Crippen LogP contribution < -0.4 is 4.46 Å². The second kappa shape index (κ2) is 5.13. The minimum atomic E-state index is 0.299. The molecule has 1 aromatic rings.